The number of nitrogens with one attached hydrogen (secondary N) is 1. The van der Waals surface area contributed by atoms with Gasteiger partial charge in [-0.3, -0.25) is 14.4 Å². The van der Waals surface area contributed by atoms with E-state index < -0.39 is 0 Å². The molecule has 1 aliphatic heterocycles. The molecule has 0 unspecified atom stereocenters. The Labute approximate surface area is 146 Å². The van der Waals surface area contributed by atoms with Crippen LogP contribution in [0.4, 0.5) is 4.39 Å². The maximum Gasteiger partial charge on any atom is 0.244 e. The highest BCUT2D eigenvalue weighted by molar-refractivity contribution is 5.79. The van der Waals surface area contributed by atoms with Crippen molar-refractivity contribution in [1.29, 1.82) is 0 Å². The average molecular weight is 346 g/mol. The first kappa shape index (κ1) is 17.6. The van der Waals surface area contributed by atoms with Crippen molar-refractivity contribution < 1.29 is 13.9 Å². The van der Waals surface area contributed by atoms with Gasteiger partial charge in [0.15, 0.2) is 0 Å². The van der Waals surface area contributed by atoms with E-state index in [0.717, 1.165) is 18.7 Å². The van der Waals surface area contributed by atoms with Crippen LogP contribution < -0.4 is 5.32 Å². The Hall–Kier alpha value is -2.25. The lowest BCUT2D eigenvalue weighted by atomic mass is 10.0. The summed E-state index contributed by atoms with van der Waals surface area (Å²) in [5.41, 5.74) is 0.982. The summed E-state index contributed by atoms with van der Waals surface area (Å²) in [4.78, 5) is 14.7. The van der Waals surface area contributed by atoms with E-state index in [0.29, 0.717) is 19.8 Å². The molecule has 0 saturated carbocycles. The summed E-state index contributed by atoms with van der Waals surface area (Å²) in [7, 11) is 0. The Kier molecular flexibility index (Phi) is 5.78. The number of halogens is 1. The van der Waals surface area contributed by atoms with E-state index in [1.54, 1.807) is 35.3 Å². The van der Waals surface area contributed by atoms with Crippen LogP contribution in [0.3, 0.4) is 0 Å². The van der Waals surface area contributed by atoms with Gasteiger partial charge in [0.1, 0.15) is 11.9 Å². The van der Waals surface area contributed by atoms with E-state index >= 15 is 0 Å². The second-order valence-corrected chi connectivity index (χ2v) is 6.12. The fourth-order valence-electron chi connectivity index (χ4n) is 3.01. The molecule has 0 aliphatic carbocycles. The number of rotatable bonds is 6. The molecule has 7 heteroatoms. The number of carbonyl (C=O) groups is 1. The average Bonchev–Trinajstić information content (AvgIpc) is 3.18. The van der Waals surface area contributed by atoms with Crippen molar-refractivity contribution >= 4 is 5.91 Å². The molecule has 2 heterocycles. The van der Waals surface area contributed by atoms with Crippen LogP contribution in [-0.2, 0) is 9.53 Å². The minimum Gasteiger partial charge on any atom is -0.379 e. The number of amides is 1. The van der Waals surface area contributed by atoms with Gasteiger partial charge in [0, 0.05) is 32.0 Å². The Morgan fingerprint density at radius 1 is 1.32 bits per heavy atom. The third-order valence-electron chi connectivity index (χ3n) is 4.51. The van der Waals surface area contributed by atoms with Crippen molar-refractivity contribution in [2.45, 2.75) is 19.0 Å². The fraction of sp³-hybridized carbons (Fsp3) is 0.444. The molecule has 2 aromatic rings. The minimum absolute atomic E-state index is 0.0155. The van der Waals surface area contributed by atoms with Crippen molar-refractivity contribution in [3.63, 3.8) is 0 Å². The van der Waals surface area contributed by atoms with E-state index in [2.05, 4.69) is 15.3 Å². The SMILES string of the molecule is C[C@@H](C(=O)NC[C@H](c1ccc(F)cc1)N1CCOCC1)n1cccn1. The summed E-state index contributed by atoms with van der Waals surface area (Å²) in [6.45, 7) is 5.16. The van der Waals surface area contributed by atoms with Gasteiger partial charge >= 0.3 is 0 Å². The normalized spacial score (nSPS) is 17.8. The Bertz CT molecular complexity index is 669. The molecule has 0 spiro atoms. The molecule has 1 amide bonds. The number of nitrogens with zero attached hydrogens (tertiary/aromatic N) is 3. The number of hydrogen-bond donors (Lipinski definition) is 1. The predicted octanol–water partition coefficient (Wildman–Crippen LogP) is 1.77. The second-order valence-electron chi connectivity index (χ2n) is 6.12. The predicted molar refractivity (Wildman–Crippen MR) is 91.5 cm³/mol. The minimum atomic E-state index is -0.381. The quantitative estimate of drug-likeness (QED) is 0.866. The molecule has 3 rings (SSSR count). The van der Waals surface area contributed by atoms with Crippen LogP contribution in [0.1, 0.15) is 24.6 Å². The van der Waals surface area contributed by atoms with Gasteiger partial charge < -0.3 is 10.1 Å². The summed E-state index contributed by atoms with van der Waals surface area (Å²) in [6, 6.07) is 7.86. The monoisotopic (exact) mass is 346 g/mol. The lowest BCUT2D eigenvalue weighted by molar-refractivity contribution is -0.124. The molecule has 134 valence electrons. The molecule has 6 nitrogen and oxygen atoms in total. The van der Waals surface area contributed by atoms with Gasteiger partial charge in [-0.1, -0.05) is 12.1 Å². The van der Waals surface area contributed by atoms with Crippen molar-refractivity contribution in [2.24, 2.45) is 0 Å². The van der Waals surface area contributed by atoms with E-state index in [-0.39, 0.29) is 23.8 Å². The Morgan fingerprint density at radius 3 is 2.68 bits per heavy atom. The zero-order valence-electron chi connectivity index (χ0n) is 14.3. The third-order valence-corrected chi connectivity index (χ3v) is 4.51. The Morgan fingerprint density at radius 2 is 2.04 bits per heavy atom. The molecule has 1 aliphatic rings. The van der Waals surface area contributed by atoms with Gasteiger partial charge in [0.2, 0.25) is 5.91 Å². The van der Waals surface area contributed by atoms with E-state index in [9.17, 15) is 9.18 Å². The number of morpholine rings is 1. The molecule has 1 aromatic heterocycles. The largest absolute Gasteiger partial charge is 0.379 e. The first-order chi connectivity index (χ1) is 12.1. The molecule has 0 bridgehead atoms. The smallest absolute Gasteiger partial charge is 0.244 e. The van der Waals surface area contributed by atoms with Crippen molar-refractivity contribution in [1.82, 2.24) is 20.0 Å². The second kappa shape index (κ2) is 8.22. The van der Waals surface area contributed by atoms with E-state index in [1.165, 1.54) is 12.1 Å². The van der Waals surface area contributed by atoms with Crippen LogP contribution in [0, 0.1) is 5.82 Å². The fourth-order valence-corrected chi connectivity index (χ4v) is 3.01. The number of ether oxygens (including phenoxy) is 1. The standard InChI is InChI=1S/C18H23FN4O2/c1-14(23-8-2-7-21-23)18(24)20-13-17(22-9-11-25-12-10-22)15-3-5-16(19)6-4-15/h2-8,14,17H,9-13H2,1H3,(H,20,24)/t14-,17+/m0/s1. The maximum atomic E-state index is 13.3. The molecular weight excluding hydrogens is 323 g/mol. The number of aromatic nitrogens is 2. The van der Waals surface area contributed by atoms with Gasteiger partial charge in [-0.05, 0) is 30.7 Å². The first-order valence-electron chi connectivity index (χ1n) is 8.49. The van der Waals surface area contributed by atoms with Gasteiger partial charge in [-0.25, -0.2) is 4.39 Å². The van der Waals surface area contributed by atoms with Crippen LogP contribution >= 0.6 is 0 Å². The van der Waals surface area contributed by atoms with Gasteiger partial charge in [0.05, 0.1) is 19.3 Å². The summed E-state index contributed by atoms with van der Waals surface area (Å²) >= 11 is 0. The molecule has 0 radical (unpaired) electrons. The van der Waals surface area contributed by atoms with Crippen LogP contribution in [0.5, 0.6) is 0 Å². The van der Waals surface area contributed by atoms with Crippen LogP contribution in [-0.4, -0.2) is 53.4 Å². The van der Waals surface area contributed by atoms with Crippen molar-refractivity contribution in [2.75, 3.05) is 32.8 Å². The molecule has 2 atom stereocenters. The zero-order valence-corrected chi connectivity index (χ0v) is 14.3. The molecule has 1 fully saturated rings. The van der Waals surface area contributed by atoms with Gasteiger partial charge in [-0.2, -0.15) is 5.10 Å². The first-order valence-corrected chi connectivity index (χ1v) is 8.49. The lowest BCUT2D eigenvalue weighted by Crippen LogP contribution is -2.44. The lowest BCUT2D eigenvalue weighted by Gasteiger charge is -2.35. The summed E-state index contributed by atoms with van der Waals surface area (Å²) < 4.78 is 20.3. The highest BCUT2D eigenvalue weighted by atomic mass is 19.1. The van der Waals surface area contributed by atoms with Gasteiger partial charge in [0.25, 0.3) is 0 Å². The van der Waals surface area contributed by atoms with Crippen LogP contribution in [0.25, 0.3) is 0 Å². The maximum absolute atomic E-state index is 13.3. The van der Waals surface area contributed by atoms with E-state index in [1.807, 2.05) is 6.92 Å². The third kappa shape index (κ3) is 4.43. The highest BCUT2D eigenvalue weighted by Crippen LogP contribution is 2.22. The highest BCUT2D eigenvalue weighted by Gasteiger charge is 2.24. The number of hydrogen-bond acceptors (Lipinski definition) is 4. The van der Waals surface area contributed by atoms with Gasteiger partial charge in [-0.15, -0.1) is 0 Å². The van der Waals surface area contributed by atoms with Crippen molar-refractivity contribution in [3.8, 4) is 0 Å². The number of carbonyl (C=O) groups excluding carboxylic acids is 1. The molecule has 25 heavy (non-hydrogen) atoms. The van der Waals surface area contributed by atoms with Crippen LogP contribution in [0.2, 0.25) is 0 Å². The molecule has 1 aromatic carbocycles. The molecule has 1 saturated heterocycles. The zero-order chi connectivity index (χ0) is 17.6. The molecule has 1 N–H and O–H groups in total. The van der Waals surface area contributed by atoms with Crippen molar-refractivity contribution in [3.05, 3.63) is 54.1 Å². The summed E-state index contributed by atoms with van der Waals surface area (Å²) in [5, 5.41) is 7.11. The Balaban J connectivity index is 1.68. The van der Waals surface area contributed by atoms with Crippen LogP contribution in [0.15, 0.2) is 42.7 Å². The molecular formula is C18H23FN4O2. The topological polar surface area (TPSA) is 59.4 Å². The number of benzene rings is 1. The summed E-state index contributed by atoms with van der Waals surface area (Å²) in [5.74, 6) is -0.357. The van der Waals surface area contributed by atoms with E-state index in [4.69, 9.17) is 4.74 Å². The summed E-state index contributed by atoms with van der Waals surface area (Å²) in [6.07, 6.45) is 3.42.